The Kier molecular flexibility index (Phi) is 3.64. The number of imide groups is 1. The van der Waals surface area contributed by atoms with Crippen LogP contribution in [0.5, 0.6) is 0 Å². The number of benzene rings is 1. The van der Waals surface area contributed by atoms with Gasteiger partial charge in [-0.2, -0.15) is 0 Å². The Bertz CT molecular complexity index is 750. The highest BCUT2D eigenvalue weighted by Crippen LogP contribution is 2.38. The minimum atomic E-state index is -0.672. The van der Waals surface area contributed by atoms with Crippen molar-refractivity contribution in [2.45, 2.75) is 32.4 Å². The van der Waals surface area contributed by atoms with Gasteiger partial charge in [0.1, 0.15) is 5.60 Å². The summed E-state index contributed by atoms with van der Waals surface area (Å²) in [6.45, 7) is 5.33. The van der Waals surface area contributed by atoms with Crippen LogP contribution in [0.25, 0.3) is 0 Å². The predicted octanol–water partition coefficient (Wildman–Crippen LogP) is 3.56. The lowest BCUT2D eigenvalue weighted by molar-refractivity contribution is 0.0215. The monoisotopic (exact) mass is 310 g/mol. The van der Waals surface area contributed by atoms with E-state index in [0.29, 0.717) is 5.56 Å². The number of hydrogen-bond donors (Lipinski definition) is 0. The van der Waals surface area contributed by atoms with Crippen molar-refractivity contribution in [3.05, 3.63) is 65.5 Å². The van der Waals surface area contributed by atoms with Crippen molar-refractivity contribution in [3.8, 4) is 0 Å². The zero-order valence-corrected chi connectivity index (χ0v) is 13.3. The van der Waals surface area contributed by atoms with Crippen LogP contribution >= 0.6 is 0 Å². The Hall–Kier alpha value is -2.69. The van der Waals surface area contributed by atoms with Gasteiger partial charge in [0.05, 0.1) is 6.04 Å². The maximum absolute atomic E-state index is 12.7. The van der Waals surface area contributed by atoms with E-state index in [2.05, 4.69) is 4.98 Å². The van der Waals surface area contributed by atoms with Gasteiger partial charge in [-0.05, 0) is 50.1 Å². The van der Waals surface area contributed by atoms with E-state index in [1.54, 1.807) is 57.4 Å². The molecule has 1 aliphatic heterocycles. The summed E-state index contributed by atoms with van der Waals surface area (Å²) in [5.41, 5.74) is 1.48. The van der Waals surface area contributed by atoms with E-state index >= 15 is 0 Å². The van der Waals surface area contributed by atoms with Gasteiger partial charge in [-0.25, -0.2) is 9.69 Å². The molecular weight excluding hydrogens is 292 g/mol. The Morgan fingerprint density at radius 3 is 2.43 bits per heavy atom. The number of ether oxygens (including phenoxy) is 1. The maximum Gasteiger partial charge on any atom is 0.418 e. The van der Waals surface area contributed by atoms with Crippen LogP contribution in [-0.4, -0.2) is 27.5 Å². The normalized spacial score (nSPS) is 17.1. The van der Waals surface area contributed by atoms with E-state index in [-0.39, 0.29) is 5.91 Å². The Labute approximate surface area is 134 Å². The van der Waals surface area contributed by atoms with Crippen molar-refractivity contribution < 1.29 is 14.3 Å². The fourth-order valence-corrected chi connectivity index (χ4v) is 2.69. The first kappa shape index (κ1) is 15.2. The molecule has 0 saturated carbocycles. The van der Waals surface area contributed by atoms with Crippen molar-refractivity contribution in [2.24, 2.45) is 0 Å². The number of carbonyl (C=O) groups excluding carboxylic acids is 2. The van der Waals surface area contributed by atoms with E-state index in [1.807, 2.05) is 12.1 Å². The van der Waals surface area contributed by atoms with Gasteiger partial charge in [0.15, 0.2) is 0 Å². The molecule has 2 aromatic rings. The number of rotatable bonds is 1. The summed E-state index contributed by atoms with van der Waals surface area (Å²) in [5.74, 6) is -0.336. The van der Waals surface area contributed by atoms with E-state index in [1.165, 1.54) is 4.90 Å². The van der Waals surface area contributed by atoms with Crippen molar-refractivity contribution in [3.63, 3.8) is 0 Å². The van der Waals surface area contributed by atoms with Gasteiger partial charge >= 0.3 is 6.09 Å². The average molecular weight is 310 g/mol. The van der Waals surface area contributed by atoms with Crippen LogP contribution < -0.4 is 0 Å². The zero-order valence-electron chi connectivity index (χ0n) is 13.3. The van der Waals surface area contributed by atoms with Crippen molar-refractivity contribution in [2.75, 3.05) is 0 Å². The molecule has 5 nitrogen and oxygen atoms in total. The van der Waals surface area contributed by atoms with Crippen LogP contribution in [0.4, 0.5) is 4.79 Å². The molecule has 0 spiro atoms. The molecule has 1 unspecified atom stereocenters. The standard InChI is InChI=1S/C18H18N2O3/c1-18(2,3)23-17(22)20-15(12-8-10-19-11-9-12)13-6-4-5-7-14(13)16(20)21/h4-11,15H,1-3H3. The minimum absolute atomic E-state index is 0.336. The highest BCUT2D eigenvalue weighted by molar-refractivity contribution is 6.07. The van der Waals surface area contributed by atoms with E-state index in [9.17, 15) is 9.59 Å². The maximum atomic E-state index is 12.7. The number of aromatic nitrogens is 1. The molecular formula is C18H18N2O3. The van der Waals surface area contributed by atoms with Gasteiger partial charge in [-0.1, -0.05) is 18.2 Å². The molecule has 3 rings (SSSR count). The second-order valence-corrected chi connectivity index (χ2v) is 6.43. The van der Waals surface area contributed by atoms with Crippen molar-refractivity contribution in [1.82, 2.24) is 9.88 Å². The summed E-state index contributed by atoms with van der Waals surface area (Å²) < 4.78 is 5.43. The summed E-state index contributed by atoms with van der Waals surface area (Å²) in [6, 6.07) is 10.4. The molecule has 2 heterocycles. The van der Waals surface area contributed by atoms with Crippen LogP contribution in [0, 0.1) is 0 Å². The van der Waals surface area contributed by atoms with Gasteiger partial charge < -0.3 is 4.74 Å². The smallest absolute Gasteiger partial charge is 0.418 e. The number of fused-ring (bicyclic) bond motifs is 1. The van der Waals surface area contributed by atoms with Crippen LogP contribution in [0.1, 0.15) is 48.3 Å². The predicted molar refractivity (Wildman–Crippen MR) is 84.9 cm³/mol. The number of amides is 2. The van der Waals surface area contributed by atoms with Gasteiger partial charge in [-0.15, -0.1) is 0 Å². The zero-order chi connectivity index (χ0) is 16.6. The largest absolute Gasteiger partial charge is 0.443 e. The van der Waals surface area contributed by atoms with E-state index < -0.39 is 17.7 Å². The molecule has 1 aromatic heterocycles. The summed E-state index contributed by atoms with van der Waals surface area (Å²) in [6.07, 6.45) is 2.66. The van der Waals surface area contributed by atoms with Gasteiger partial charge in [-0.3, -0.25) is 9.78 Å². The highest BCUT2D eigenvalue weighted by Gasteiger charge is 2.43. The molecule has 0 aliphatic carbocycles. The molecule has 0 saturated heterocycles. The lowest BCUT2D eigenvalue weighted by Crippen LogP contribution is -2.39. The molecule has 118 valence electrons. The molecule has 1 atom stereocenters. The van der Waals surface area contributed by atoms with Gasteiger partial charge in [0.25, 0.3) is 5.91 Å². The number of pyridine rings is 1. The number of hydrogen-bond acceptors (Lipinski definition) is 4. The lowest BCUT2D eigenvalue weighted by atomic mass is 9.99. The lowest BCUT2D eigenvalue weighted by Gasteiger charge is -2.27. The SMILES string of the molecule is CC(C)(C)OC(=O)N1C(=O)c2ccccc2C1c1ccncc1. The molecule has 1 aliphatic rings. The summed E-state index contributed by atoms with van der Waals surface area (Å²) in [4.78, 5) is 30.5. The molecule has 0 N–H and O–H groups in total. The topological polar surface area (TPSA) is 59.5 Å². The van der Waals surface area contributed by atoms with E-state index in [4.69, 9.17) is 4.74 Å². The molecule has 2 amide bonds. The van der Waals surface area contributed by atoms with Crippen molar-refractivity contribution >= 4 is 12.0 Å². The fraction of sp³-hybridized carbons (Fsp3) is 0.278. The molecule has 0 fully saturated rings. The summed E-state index contributed by atoms with van der Waals surface area (Å²) >= 11 is 0. The van der Waals surface area contributed by atoms with Gasteiger partial charge in [0.2, 0.25) is 0 Å². The second-order valence-electron chi connectivity index (χ2n) is 6.43. The fourth-order valence-electron chi connectivity index (χ4n) is 2.69. The Morgan fingerprint density at radius 2 is 1.78 bits per heavy atom. The first-order chi connectivity index (χ1) is 10.9. The third kappa shape index (κ3) is 2.82. The summed E-state index contributed by atoms with van der Waals surface area (Å²) in [7, 11) is 0. The van der Waals surface area contributed by atoms with Crippen LogP contribution in [0.3, 0.4) is 0 Å². The van der Waals surface area contributed by atoms with Gasteiger partial charge in [0, 0.05) is 18.0 Å². The molecule has 1 aromatic carbocycles. The average Bonchev–Trinajstić information content (AvgIpc) is 2.80. The number of carbonyl (C=O) groups is 2. The first-order valence-electron chi connectivity index (χ1n) is 7.44. The highest BCUT2D eigenvalue weighted by atomic mass is 16.6. The van der Waals surface area contributed by atoms with Crippen molar-refractivity contribution in [1.29, 1.82) is 0 Å². The quantitative estimate of drug-likeness (QED) is 0.808. The Morgan fingerprint density at radius 1 is 1.13 bits per heavy atom. The van der Waals surface area contributed by atoms with Crippen LogP contribution in [0.2, 0.25) is 0 Å². The van der Waals surface area contributed by atoms with Crippen LogP contribution in [-0.2, 0) is 4.74 Å². The molecule has 0 bridgehead atoms. The number of nitrogens with zero attached hydrogens (tertiary/aromatic N) is 2. The van der Waals surface area contributed by atoms with E-state index in [0.717, 1.165) is 11.1 Å². The first-order valence-corrected chi connectivity index (χ1v) is 7.44. The molecule has 0 radical (unpaired) electrons. The third-order valence-corrected chi connectivity index (χ3v) is 3.57. The Balaban J connectivity index is 2.07. The minimum Gasteiger partial charge on any atom is -0.443 e. The third-order valence-electron chi connectivity index (χ3n) is 3.57. The molecule has 23 heavy (non-hydrogen) atoms. The second kappa shape index (κ2) is 5.50. The van der Waals surface area contributed by atoms with Crippen LogP contribution in [0.15, 0.2) is 48.8 Å². The summed E-state index contributed by atoms with van der Waals surface area (Å²) in [5, 5.41) is 0. The molecule has 5 heteroatoms.